The van der Waals surface area contributed by atoms with E-state index in [1.165, 1.54) is 9.13 Å². The molecule has 0 aliphatic carbocycles. The molecule has 1 aromatic rings. The van der Waals surface area contributed by atoms with Crippen LogP contribution in [0.4, 0.5) is 0 Å². The van der Waals surface area contributed by atoms with Crippen LogP contribution < -0.4 is 5.73 Å². The molecule has 1 aliphatic rings. The Kier molecular flexibility index (Phi) is 3.99. The van der Waals surface area contributed by atoms with E-state index in [-0.39, 0.29) is 6.04 Å². The van der Waals surface area contributed by atoms with Crippen molar-refractivity contribution in [3.05, 3.63) is 33.4 Å². The number of hydrogen-bond donors (Lipinski definition) is 1. The Labute approximate surface area is 104 Å². The molecule has 1 aromatic carbocycles. The minimum atomic E-state index is 0.172. The zero-order valence-corrected chi connectivity index (χ0v) is 10.8. The zero-order chi connectivity index (χ0) is 10.7. The summed E-state index contributed by atoms with van der Waals surface area (Å²) in [7, 11) is 0. The van der Waals surface area contributed by atoms with Crippen molar-refractivity contribution in [3.63, 3.8) is 0 Å². The lowest BCUT2D eigenvalue weighted by Crippen LogP contribution is -2.27. The van der Waals surface area contributed by atoms with Gasteiger partial charge >= 0.3 is 0 Å². The van der Waals surface area contributed by atoms with Crippen LogP contribution in [0.15, 0.2) is 24.3 Å². The Morgan fingerprint density at radius 1 is 1.20 bits per heavy atom. The molecule has 0 amide bonds. The quantitative estimate of drug-likeness (QED) is 0.851. The third-order valence-corrected chi connectivity index (χ3v) is 3.75. The van der Waals surface area contributed by atoms with E-state index in [1.54, 1.807) is 0 Å². The summed E-state index contributed by atoms with van der Waals surface area (Å²) in [6, 6.07) is 8.69. The van der Waals surface area contributed by atoms with Gasteiger partial charge in [0.05, 0.1) is 0 Å². The Morgan fingerprint density at radius 2 is 1.80 bits per heavy atom. The average Bonchev–Trinajstić information content (AvgIpc) is 2.30. The highest BCUT2D eigenvalue weighted by molar-refractivity contribution is 14.1. The molecule has 1 unspecified atom stereocenters. The third kappa shape index (κ3) is 2.92. The van der Waals surface area contributed by atoms with Crippen LogP contribution in [0.25, 0.3) is 0 Å². The lowest BCUT2D eigenvalue weighted by atomic mass is 9.88. The van der Waals surface area contributed by atoms with E-state index < -0.39 is 0 Å². The monoisotopic (exact) mass is 317 g/mol. The van der Waals surface area contributed by atoms with Gasteiger partial charge in [0.1, 0.15) is 0 Å². The molecule has 1 heterocycles. The summed E-state index contributed by atoms with van der Waals surface area (Å²) in [5.74, 6) is 0.582. The van der Waals surface area contributed by atoms with E-state index in [4.69, 9.17) is 10.5 Å². The van der Waals surface area contributed by atoms with Gasteiger partial charge in [-0.2, -0.15) is 0 Å². The molecule has 1 fully saturated rings. The molecule has 1 saturated heterocycles. The van der Waals surface area contributed by atoms with Crippen LogP contribution in [0.1, 0.15) is 24.4 Å². The molecule has 2 rings (SSSR count). The van der Waals surface area contributed by atoms with Crippen LogP contribution in [-0.4, -0.2) is 13.2 Å². The SMILES string of the molecule is NC(c1ccc(I)cc1)C1CCOCC1. The van der Waals surface area contributed by atoms with Gasteiger partial charge in [0.25, 0.3) is 0 Å². The summed E-state index contributed by atoms with van der Waals surface area (Å²) in [5, 5.41) is 0. The molecular weight excluding hydrogens is 301 g/mol. The van der Waals surface area contributed by atoms with Gasteiger partial charge in [-0.05, 0) is 59.0 Å². The van der Waals surface area contributed by atoms with Crippen LogP contribution in [0.5, 0.6) is 0 Å². The molecule has 1 atom stereocenters. The number of benzene rings is 1. The number of ether oxygens (including phenoxy) is 1. The molecule has 0 bridgehead atoms. The molecule has 1 aliphatic heterocycles. The van der Waals surface area contributed by atoms with E-state index in [9.17, 15) is 0 Å². The van der Waals surface area contributed by atoms with Gasteiger partial charge in [0.15, 0.2) is 0 Å². The summed E-state index contributed by atoms with van der Waals surface area (Å²) in [4.78, 5) is 0. The van der Waals surface area contributed by atoms with Gasteiger partial charge in [-0.1, -0.05) is 12.1 Å². The average molecular weight is 317 g/mol. The molecule has 0 spiro atoms. The zero-order valence-electron chi connectivity index (χ0n) is 8.66. The number of nitrogens with two attached hydrogens (primary N) is 1. The number of halogens is 1. The Morgan fingerprint density at radius 3 is 2.40 bits per heavy atom. The van der Waals surface area contributed by atoms with Crippen molar-refractivity contribution in [2.75, 3.05) is 13.2 Å². The normalized spacial score (nSPS) is 20.1. The minimum Gasteiger partial charge on any atom is -0.381 e. The Balaban J connectivity index is 2.05. The topological polar surface area (TPSA) is 35.2 Å². The maximum absolute atomic E-state index is 6.26. The maximum Gasteiger partial charge on any atom is 0.0469 e. The molecular formula is C12H16INO. The molecule has 0 aromatic heterocycles. The molecule has 2 nitrogen and oxygen atoms in total. The van der Waals surface area contributed by atoms with Crippen LogP contribution in [-0.2, 0) is 4.74 Å². The fourth-order valence-corrected chi connectivity index (χ4v) is 2.39. The second-order valence-corrected chi connectivity index (χ2v) is 5.27. The molecule has 0 radical (unpaired) electrons. The second kappa shape index (κ2) is 5.27. The lowest BCUT2D eigenvalue weighted by molar-refractivity contribution is 0.0584. The standard InChI is InChI=1S/C12H16INO/c13-11-3-1-9(2-4-11)12(14)10-5-7-15-8-6-10/h1-4,10,12H,5-8,14H2. The van der Waals surface area contributed by atoms with Crippen LogP contribution in [0.2, 0.25) is 0 Å². The van der Waals surface area contributed by atoms with Crippen molar-refractivity contribution in [1.29, 1.82) is 0 Å². The van der Waals surface area contributed by atoms with Crippen LogP contribution in [0.3, 0.4) is 0 Å². The highest BCUT2D eigenvalue weighted by Gasteiger charge is 2.21. The van der Waals surface area contributed by atoms with E-state index in [2.05, 4.69) is 46.9 Å². The first kappa shape index (κ1) is 11.4. The summed E-state index contributed by atoms with van der Waals surface area (Å²) in [6.07, 6.45) is 2.18. The minimum absolute atomic E-state index is 0.172. The maximum atomic E-state index is 6.26. The van der Waals surface area contributed by atoms with Crippen molar-refractivity contribution in [3.8, 4) is 0 Å². The Hall–Kier alpha value is -0.130. The van der Waals surface area contributed by atoms with Gasteiger partial charge in [-0.25, -0.2) is 0 Å². The molecule has 2 N–H and O–H groups in total. The summed E-state index contributed by atoms with van der Waals surface area (Å²) in [6.45, 7) is 1.73. The lowest BCUT2D eigenvalue weighted by Gasteiger charge is -2.27. The first-order valence-corrected chi connectivity index (χ1v) is 6.44. The highest BCUT2D eigenvalue weighted by atomic mass is 127. The number of rotatable bonds is 2. The largest absolute Gasteiger partial charge is 0.381 e. The fourth-order valence-electron chi connectivity index (χ4n) is 2.03. The van der Waals surface area contributed by atoms with Crippen LogP contribution >= 0.6 is 22.6 Å². The van der Waals surface area contributed by atoms with E-state index in [0.29, 0.717) is 5.92 Å². The van der Waals surface area contributed by atoms with Gasteiger partial charge in [0, 0.05) is 22.8 Å². The smallest absolute Gasteiger partial charge is 0.0469 e. The van der Waals surface area contributed by atoms with Crippen molar-refractivity contribution in [1.82, 2.24) is 0 Å². The first-order chi connectivity index (χ1) is 7.27. The second-order valence-electron chi connectivity index (χ2n) is 4.03. The molecule has 15 heavy (non-hydrogen) atoms. The number of hydrogen-bond acceptors (Lipinski definition) is 2. The van der Waals surface area contributed by atoms with Crippen LogP contribution in [0, 0.1) is 9.49 Å². The van der Waals surface area contributed by atoms with Crippen molar-refractivity contribution in [2.45, 2.75) is 18.9 Å². The molecule has 3 heteroatoms. The highest BCUT2D eigenvalue weighted by Crippen LogP contribution is 2.28. The first-order valence-electron chi connectivity index (χ1n) is 5.36. The third-order valence-electron chi connectivity index (χ3n) is 3.03. The summed E-state index contributed by atoms with van der Waals surface area (Å²) >= 11 is 2.31. The van der Waals surface area contributed by atoms with Crippen molar-refractivity contribution in [2.24, 2.45) is 11.7 Å². The summed E-state index contributed by atoms with van der Waals surface area (Å²) in [5.41, 5.74) is 7.51. The fraction of sp³-hybridized carbons (Fsp3) is 0.500. The predicted molar refractivity (Wildman–Crippen MR) is 69.6 cm³/mol. The molecule has 0 saturated carbocycles. The van der Waals surface area contributed by atoms with Gasteiger partial charge in [-0.3, -0.25) is 0 Å². The van der Waals surface area contributed by atoms with E-state index >= 15 is 0 Å². The summed E-state index contributed by atoms with van der Waals surface area (Å²) < 4.78 is 6.61. The van der Waals surface area contributed by atoms with Gasteiger partial charge in [0.2, 0.25) is 0 Å². The van der Waals surface area contributed by atoms with Crippen molar-refractivity contribution >= 4 is 22.6 Å². The Bertz CT molecular complexity index is 306. The van der Waals surface area contributed by atoms with Gasteiger partial charge in [-0.15, -0.1) is 0 Å². The predicted octanol–water partition coefficient (Wildman–Crippen LogP) is 2.72. The van der Waals surface area contributed by atoms with E-state index in [0.717, 1.165) is 26.1 Å². The van der Waals surface area contributed by atoms with E-state index in [1.807, 2.05) is 0 Å². The van der Waals surface area contributed by atoms with Gasteiger partial charge < -0.3 is 10.5 Å². The molecule has 82 valence electrons. The van der Waals surface area contributed by atoms with Crippen molar-refractivity contribution < 1.29 is 4.74 Å².